The van der Waals surface area contributed by atoms with Gasteiger partial charge in [0.15, 0.2) is 0 Å². The second-order valence-electron chi connectivity index (χ2n) is 5.94. The average Bonchev–Trinajstić information content (AvgIpc) is 2.41. The zero-order valence-electron chi connectivity index (χ0n) is 12.3. The number of aryl methyl sites for hydroxylation is 1. The van der Waals surface area contributed by atoms with Gasteiger partial charge < -0.3 is 16.2 Å². The first kappa shape index (κ1) is 15.9. The third kappa shape index (κ3) is 3.41. The van der Waals surface area contributed by atoms with Crippen LogP contribution in [0.3, 0.4) is 0 Å². The van der Waals surface area contributed by atoms with E-state index in [1.165, 1.54) is 0 Å². The molecule has 1 amide bonds. The van der Waals surface area contributed by atoms with Crippen molar-refractivity contribution in [2.24, 2.45) is 17.1 Å². The van der Waals surface area contributed by atoms with E-state index in [0.717, 1.165) is 30.5 Å². The van der Waals surface area contributed by atoms with Crippen molar-refractivity contribution >= 4 is 28.8 Å². The summed E-state index contributed by atoms with van der Waals surface area (Å²) in [5.41, 5.74) is 6.95. The second-order valence-corrected chi connectivity index (χ2v) is 6.38. The van der Waals surface area contributed by atoms with Crippen LogP contribution in [0.5, 0.6) is 0 Å². The highest BCUT2D eigenvalue weighted by Crippen LogP contribution is 2.46. The number of nitrogens with one attached hydrogen (secondary N) is 1. The number of hydrogen-bond acceptors (Lipinski definition) is 3. The summed E-state index contributed by atoms with van der Waals surface area (Å²) in [6.45, 7) is 2.26. The second kappa shape index (κ2) is 6.54. The molecular weight excluding hydrogens is 284 g/mol. The molecule has 0 aromatic heterocycles. The highest BCUT2D eigenvalue weighted by atomic mass is 32.1. The molecule has 0 saturated heterocycles. The molecule has 0 spiro atoms. The van der Waals surface area contributed by atoms with Gasteiger partial charge in [-0.15, -0.1) is 0 Å². The van der Waals surface area contributed by atoms with Crippen LogP contribution < -0.4 is 11.1 Å². The van der Waals surface area contributed by atoms with E-state index in [1.807, 2.05) is 24.3 Å². The Morgan fingerprint density at radius 1 is 1.52 bits per heavy atom. The number of nitrogens with two attached hydrogens (primary N) is 1. The fourth-order valence-corrected chi connectivity index (χ4v) is 3.23. The van der Waals surface area contributed by atoms with Crippen LogP contribution in [0.15, 0.2) is 24.3 Å². The first-order valence-electron chi connectivity index (χ1n) is 7.29. The molecule has 2 rings (SSSR count). The number of aliphatic hydroxyl groups is 1. The third-order valence-electron chi connectivity index (χ3n) is 4.11. The van der Waals surface area contributed by atoms with Crippen molar-refractivity contribution in [3.8, 4) is 0 Å². The minimum Gasteiger partial charge on any atom is -0.396 e. The van der Waals surface area contributed by atoms with E-state index in [4.69, 9.17) is 23.1 Å². The van der Waals surface area contributed by atoms with Crippen LogP contribution in [0.2, 0.25) is 0 Å². The molecule has 114 valence electrons. The number of rotatable bonds is 6. The van der Waals surface area contributed by atoms with Crippen molar-refractivity contribution in [2.75, 3.05) is 11.9 Å². The van der Waals surface area contributed by atoms with Crippen LogP contribution in [0, 0.1) is 11.3 Å². The molecule has 1 aromatic carbocycles. The molecule has 0 bridgehead atoms. The van der Waals surface area contributed by atoms with E-state index in [2.05, 4.69) is 12.2 Å². The standard InChI is InChI=1S/C16H22N2O2S/c1-11-9-16(10-11,14(17)21)15(20)18-13-6-2-4-12(8-13)5-3-7-19/h2,4,6,8,11,19H,3,5,7,9-10H2,1H3,(H2,17,21)(H,18,20). The molecule has 0 aliphatic heterocycles. The van der Waals surface area contributed by atoms with Crippen LogP contribution in [0.25, 0.3) is 0 Å². The largest absolute Gasteiger partial charge is 0.396 e. The van der Waals surface area contributed by atoms with Crippen molar-refractivity contribution < 1.29 is 9.90 Å². The molecule has 0 unspecified atom stereocenters. The first-order valence-corrected chi connectivity index (χ1v) is 7.70. The van der Waals surface area contributed by atoms with Gasteiger partial charge in [-0.3, -0.25) is 4.79 Å². The number of carbonyl (C=O) groups is 1. The van der Waals surface area contributed by atoms with Gasteiger partial charge in [-0.05, 0) is 49.3 Å². The van der Waals surface area contributed by atoms with E-state index in [1.54, 1.807) is 0 Å². The lowest BCUT2D eigenvalue weighted by Gasteiger charge is -2.44. The Labute approximate surface area is 130 Å². The van der Waals surface area contributed by atoms with E-state index in [-0.39, 0.29) is 17.5 Å². The van der Waals surface area contributed by atoms with Crippen molar-refractivity contribution in [2.45, 2.75) is 32.6 Å². The highest BCUT2D eigenvalue weighted by molar-refractivity contribution is 7.80. The van der Waals surface area contributed by atoms with Crippen LogP contribution in [0.1, 0.15) is 31.7 Å². The smallest absolute Gasteiger partial charge is 0.237 e. The van der Waals surface area contributed by atoms with Gasteiger partial charge in [0, 0.05) is 12.3 Å². The van der Waals surface area contributed by atoms with Crippen molar-refractivity contribution in [1.82, 2.24) is 0 Å². The summed E-state index contributed by atoms with van der Waals surface area (Å²) < 4.78 is 0. The van der Waals surface area contributed by atoms with Crippen molar-refractivity contribution in [3.63, 3.8) is 0 Å². The minimum atomic E-state index is -0.685. The molecule has 1 aliphatic carbocycles. The molecule has 1 fully saturated rings. The topological polar surface area (TPSA) is 75.3 Å². The Hall–Kier alpha value is -1.46. The maximum Gasteiger partial charge on any atom is 0.237 e. The van der Waals surface area contributed by atoms with Crippen molar-refractivity contribution in [3.05, 3.63) is 29.8 Å². The Balaban J connectivity index is 2.07. The fourth-order valence-electron chi connectivity index (χ4n) is 2.97. The van der Waals surface area contributed by atoms with Gasteiger partial charge in [0.05, 0.1) is 10.4 Å². The molecule has 1 aromatic rings. The van der Waals surface area contributed by atoms with Crippen LogP contribution in [-0.4, -0.2) is 22.6 Å². The minimum absolute atomic E-state index is 0.104. The van der Waals surface area contributed by atoms with Gasteiger partial charge in [-0.1, -0.05) is 31.3 Å². The Kier molecular flexibility index (Phi) is 4.96. The summed E-state index contributed by atoms with van der Waals surface area (Å²) in [5, 5.41) is 11.8. The average molecular weight is 306 g/mol. The number of benzene rings is 1. The first-order chi connectivity index (χ1) is 9.98. The Bertz CT molecular complexity index is 539. The highest BCUT2D eigenvalue weighted by Gasteiger charge is 2.50. The van der Waals surface area contributed by atoms with Crippen LogP contribution in [0.4, 0.5) is 5.69 Å². The monoisotopic (exact) mass is 306 g/mol. The molecule has 0 heterocycles. The van der Waals surface area contributed by atoms with E-state index >= 15 is 0 Å². The number of carbonyl (C=O) groups excluding carboxylic acids is 1. The molecule has 21 heavy (non-hydrogen) atoms. The van der Waals surface area contributed by atoms with E-state index in [9.17, 15) is 4.79 Å². The quantitative estimate of drug-likeness (QED) is 0.705. The molecule has 1 saturated carbocycles. The summed E-state index contributed by atoms with van der Waals surface area (Å²) in [7, 11) is 0. The number of anilines is 1. The summed E-state index contributed by atoms with van der Waals surface area (Å²) in [6, 6.07) is 7.68. The Morgan fingerprint density at radius 3 is 2.81 bits per heavy atom. The number of hydrogen-bond donors (Lipinski definition) is 3. The predicted molar refractivity (Wildman–Crippen MR) is 88.1 cm³/mol. The molecular formula is C16H22N2O2S. The zero-order chi connectivity index (χ0) is 15.5. The van der Waals surface area contributed by atoms with Gasteiger partial charge in [0.1, 0.15) is 0 Å². The molecule has 4 N–H and O–H groups in total. The van der Waals surface area contributed by atoms with Crippen LogP contribution in [-0.2, 0) is 11.2 Å². The molecule has 4 nitrogen and oxygen atoms in total. The van der Waals surface area contributed by atoms with Crippen LogP contribution >= 0.6 is 12.2 Å². The van der Waals surface area contributed by atoms with E-state index in [0.29, 0.717) is 12.3 Å². The fraction of sp³-hybridized carbons (Fsp3) is 0.500. The number of amides is 1. The molecule has 0 atom stereocenters. The number of thiocarbonyl (C=S) groups is 1. The summed E-state index contributed by atoms with van der Waals surface area (Å²) in [6.07, 6.45) is 2.94. The maximum atomic E-state index is 12.5. The van der Waals surface area contributed by atoms with Gasteiger partial charge in [-0.2, -0.15) is 0 Å². The summed E-state index contributed by atoms with van der Waals surface area (Å²) in [5.74, 6) is 0.376. The summed E-state index contributed by atoms with van der Waals surface area (Å²) >= 11 is 5.10. The third-order valence-corrected chi connectivity index (χ3v) is 4.50. The molecule has 0 radical (unpaired) electrons. The van der Waals surface area contributed by atoms with Gasteiger partial charge in [0.25, 0.3) is 0 Å². The van der Waals surface area contributed by atoms with Gasteiger partial charge in [-0.25, -0.2) is 0 Å². The lowest BCUT2D eigenvalue weighted by molar-refractivity contribution is -0.127. The van der Waals surface area contributed by atoms with Gasteiger partial charge >= 0.3 is 0 Å². The predicted octanol–water partition coefficient (Wildman–Crippen LogP) is 2.25. The molecule has 1 aliphatic rings. The lowest BCUT2D eigenvalue weighted by Crippen LogP contribution is -2.53. The molecule has 5 heteroatoms. The lowest BCUT2D eigenvalue weighted by atomic mass is 9.62. The zero-order valence-corrected chi connectivity index (χ0v) is 13.1. The van der Waals surface area contributed by atoms with Crippen molar-refractivity contribution in [1.29, 1.82) is 0 Å². The maximum absolute atomic E-state index is 12.5. The Morgan fingerprint density at radius 2 is 2.24 bits per heavy atom. The normalized spacial score (nSPS) is 24.2. The number of aliphatic hydroxyl groups excluding tert-OH is 1. The van der Waals surface area contributed by atoms with Gasteiger partial charge in [0.2, 0.25) is 5.91 Å². The summed E-state index contributed by atoms with van der Waals surface area (Å²) in [4.78, 5) is 12.8. The SMILES string of the molecule is CC1CC(C(=O)Nc2cccc(CCCO)c2)(C(N)=S)C1. The van der Waals surface area contributed by atoms with E-state index < -0.39 is 5.41 Å².